The third-order valence-electron chi connectivity index (χ3n) is 3.58. The van der Waals surface area contributed by atoms with E-state index in [-0.39, 0.29) is 5.91 Å². The molecule has 0 atom stereocenters. The quantitative estimate of drug-likeness (QED) is 0.696. The van der Waals surface area contributed by atoms with Crippen LogP contribution in [0.4, 0.5) is 5.69 Å². The minimum absolute atomic E-state index is 0.180. The summed E-state index contributed by atoms with van der Waals surface area (Å²) in [6, 6.07) is 27.0. The highest BCUT2D eigenvalue weighted by molar-refractivity contribution is 7.99. The van der Waals surface area contributed by atoms with Crippen LogP contribution in [0.25, 0.3) is 0 Å². The summed E-state index contributed by atoms with van der Waals surface area (Å²) < 4.78 is 0. The molecule has 0 unspecified atom stereocenters. The fourth-order valence-electron chi connectivity index (χ4n) is 2.38. The van der Waals surface area contributed by atoms with Crippen molar-refractivity contribution in [3.63, 3.8) is 0 Å². The van der Waals surface area contributed by atoms with Gasteiger partial charge in [-0.15, -0.1) is 0 Å². The summed E-state index contributed by atoms with van der Waals surface area (Å²) in [5.41, 5.74) is 2.15. The molecule has 3 nitrogen and oxygen atoms in total. The van der Waals surface area contributed by atoms with Gasteiger partial charge in [0.1, 0.15) is 0 Å². The normalized spacial score (nSPS) is 10.0. The zero-order chi connectivity index (χ0) is 17.5. The Bertz CT molecular complexity index is 916. The minimum atomic E-state index is -0.180. The average molecular weight is 344 g/mol. The van der Waals surface area contributed by atoms with Crippen molar-refractivity contribution < 1.29 is 4.79 Å². The maximum absolute atomic E-state index is 12.6. The predicted octanol–water partition coefficient (Wildman–Crippen LogP) is 5.16. The average Bonchev–Trinajstić information content (AvgIpc) is 2.65. The number of nitrogens with zero attached hydrogens (tertiary/aromatic N) is 1. The highest BCUT2D eigenvalue weighted by Gasteiger charge is 2.10. The van der Waals surface area contributed by atoms with Gasteiger partial charge in [-0.3, -0.25) is 4.79 Å². The molecular formula is C21H16N2OS. The maximum Gasteiger partial charge on any atom is 0.255 e. The molecule has 0 bridgehead atoms. The molecule has 3 aromatic rings. The van der Waals surface area contributed by atoms with Crippen LogP contribution in [0.5, 0.6) is 0 Å². The lowest BCUT2D eigenvalue weighted by Gasteiger charge is -2.11. The number of amides is 1. The Kier molecular flexibility index (Phi) is 5.50. The van der Waals surface area contributed by atoms with Crippen molar-refractivity contribution in [1.82, 2.24) is 0 Å². The van der Waals surface area contributed by atoms with E-state index < -0.39 is 0 Å². The zero-order valence-electron chi connectivity index (χ0n) is 13.5. The second-order valence-electron chi connectivity index (χ2n) is 5.40. The smallest absolute Gasteiger partial charge is 0.255 e. The molecule has 0 heterocycles. The Balaban J connectivity index is 1.80. The van der Waals surface area contributed by atoms with Crippen LogP contribution in [0.2, 0.25) is 0 Å². The highest BCUT2D eigenvalue weighted by Crippen LogP contribution is 2.33. The molecule has 4 heteroatoms. The number of carbonyl (C=O) groups excluding carboxylic acids is 1. The van der Waals surface area contributed by atoms with Crippen LogP contribution in [-0.4, -0.2) is 5.91 Å². The topological polar surface area (TPSA) is 52.9 Å². The van der Waals surface area contributed by atoms with Crippen molar-refractivity contribution in [2.75, 3.05) is 5.32 Å². The Morgan fingerprint density at radius 3 is 2.52 bits per heavy atom. The molecule has 0 spiro atoms. The number of rotatable bonds is 5. The molecule has 1 N–H and O–H groups in total. The first-order chi connectivity index (χ1) is 12.3. The second-order valence-corrected chi connectivity index (χ2v) is 6.52. The van der Waals surface area contributed by atoms with E-state index in [1.807, 2.05) is 60.7 Å². The van der Waals surface area contributed by atoms with Crippen LogP contribution in [-0.2, 0) is 6.42 Å². The minimum Gasteiger partial charge on any atom is -0.321 e. The lowest BCUT2D eigenvalue weighted by molar-refractivity contribution is 0.102. The number of carbonyl (C=O) groups is 1. The molecule has 0 radical (unpaired) electrons. The molecule has 0 aliphatic carbocycles. The van der Waals surface area contributed by atoms with E-state index in [0.717, 1.165) is 21.0 Å². The zero-order valence-corrected chi connectivity index (χ0v) is 14.3. The fourth-order valence-corrected chi connectivity index (χ4v) is 3.31. The van der Waals surface area contributed by atoms with Gasteiger partial charge in [-0.1, -0.05) is 54.2 Å². The third kappa shape index (κ3) is 4.50. The van der Waals surface area contributed by atoms with Gasteiger partial charge >= 0.3 is 0 Å². The van der Waals surface area contributed by atoms with Gasteiger partial charge in [-0.05, 0) is 42.0 Å². The molecule has 0 aliphatic rings. The van der Waals surface area contributed by atoms with Crippen LogP contribution in [0.15, 0.2) is 88.7 Å². The molecule has 3 aromatic carbocycles. The van der Waals surface area contributed by atoms with Crippen molar-refractivity contribution in [3.05, 3.63) is 90.0 Å². The number of anilines is 1. The van der Waals surface area contributed by atoms with Crippen LogP contribution in [0, 0.1) is 11.3 Å². The number of hydrogen-bond acceptors (Lipinski definition) is 3. The Hall–Kier alpha value is -3.03. The number of nitriles is 1. The molecule has 0 aliphatic heterocycles. The van der Waals surface area contributed by atoms with Crippen LogP contribution in [0.3, 0.4) is 0 Å². The van der Waals surface area contributed by atoms with Crippen molar-refractivity contribution in [2.45, 2.75) is 16.2 Å². The van der Waals surface area contributed by atoms with Crippen molar-refractivity contribution in [1.29, 1.82) is 5.26 Å². The highest BCUT2D eigenvalue weighted by atomic mass is 32.2. The van der Waals surface area contributed by atoms with Crippen molar-refractivity contribution in [3.8, 4) is 6.07 Å². The molecule has 0 saturated carbocycles. The van der Waals surface area contributed by atoms with Crippen LogP contribution >= 0.6 is 11.8 Å². The fraction of sp³-hybridized carbons (Fsp3) is 0.0476. The van der Waals surface area contributed by atoms with Crippen LogP contribution in [0.1, 0.15) is 15.9 Å². The van der Waals surface area contributed by atoms with Crippen molar-refractivity contribution in [2.24, 2.45) is 0 Å². The Morgan fingerprint density at radius 2 is 1.72 bits per heavy atom. The van der Waals surface area contributed by atoms with Gasteiger partial charge in [0.05, 0.1) is 18.2 Å². The van der Waals surface area contributed by atoms with E-state index in [2.05, 4.69) is 11.4 Å². The van der Waals surface area contributed by atoms with E-state index in [9.17, 15) is 4.79 Å². The lowest BCUT2D eigenvalue weighted by Crippen LogP contribution is -2.12. The van der Waals surface area contributed by atoms with Crippen LogP contribution < -0.4 is 5.32 Å². The van der Waals surface area contributed by atoms with Gasteiger partial charge in [-0.2, -0.15) is 5.26 Å². The Morgan fingerprint density at radius 1 is 0.960 bits per heavy atom. The Labute approximate surface area is 151 Å². The number of para-hydroxylation sites is 1. The molecule has 122 valence electrons. The maximum atomic E-state index is 12.6. The summed E-state index contributed by atoms with van der Waals surface area (Å²) in [5.74, 6) is -0.180. The van der Waals surface area contributed by atoms with Gasteiger partial charge in [0.25, 0.3) is 5.91 Å². The molecular weight excluding hydrogens is 328 g/mol. The van der Waals surface area contributed by atoms with E-state index in [1.54, 1.807) is 30.0 Å². The van der Waals surface area contributed by atoms with Gasteiger partial charge in [0.2, 0.25) is 0 Å². The van der Waals surface area contributed by atoms with Gasteiger partial charge in [0.15, 0.2) is 0 Å². The second kappa shape index (κ2) is 8.18. The molecule has 0 fully saturated rings. The standard InChI is InChI=1S/C21H16N2OS/c22-14-13-16-7-6-8-17(15-16)21(24)23-19-11-4-5-12-20(19)25-18-9-2-1-3-10-18/h1-12,15H,13H2,(H,23,24). The molecule has 1 amide bonds. The summed E-state index contributed by atoms with van der Waals surface area (Å²) >= 11 is 1.60. The first-order valence-corrected chi connectivity index (χ1v) is 8.67. The molecule has 25 heavy (non-hydrogen) atoms. The first kappa shape index (κ1) is 16.8. The van der Waals surface area contributed by atoms with E-state index >= 15 is 0 Å². The SMILES string of the molecule is N#CCc1cccc(C(=O)Nc2ccccc2Sc2ccccc2)c1. The summed E-state index contributed by atoms with van der Waals surface area (Å²) in [4.78, 5) is 14.7. The van der Waals surface area contributed by atoms with Crippen molar-refractivity contribution >= 4 is 23.4 Å². The summed E-state index contributed by atoms with van der Waals surface area (Å²) in [5, 5.41) is 11.8. The predicted molar refractivity (Wildman–Crippen MR) is 101 cm³/mol. The van der Waals surface area contributed by atoms with Gasteiger partial charge in [-0.25, -0.2) is 0 Å². The number of benzene rings is 3. The number of hydrogen-bond donors (Lipinski definition) is 1. The number of nitrogens with one attached hydrogen (secondary N) is 1. The van der Waals surface area contributed by atoms with Gasteiger partial charge in [0, 0.05) is 15.4 Å². The molecule has 0 saturated heterocycles. The first-order valence-electron chi connectivity index (χ1n) is 7.85. The van der Waals surface area contributed by atoms with E-state index in [4.69, 9.17) is 5.26 Å². The summed E-state index contributed by atoms with van der Waals surface area (Å²) in [7, 11) is 0. The van der Waals surface area contributed by atoms with Gasteiger partial charge < -0.3 is 5.32 Å². The molecule has 3 rings (SSSR count). The van der Waals surface area contributed by atoms with E-state index in [0.29, 0.717) is 12.0 Å². The molecule has 0 aromatic heterocycles. The monoisotopic (exact) mass is 344 g/mol. The summed E-state index contributed by atoms with van der Waals surface area (Å²) in [6.07, 6.45) is 0.293. The summed E-state index contributed by atoms with van der Waals surface area (Å²) in [6.45, 7) is 0. The lowest BCUT2D eigenvalue weighted by atomic mass is 10.1. The largest absolute Gasteiger partial charge is 0.321 e. The third-order valence-corrected chi connectivity index (χ3v) is 4.66. The van der Waals surface area contributed by atoms with E-state index in [1.165, 1.54) is 0 Å².